The summed E-state index contributed by atoms with van der Waals surface area (Å²) in [6, 6.07) is 0.225. The fourth-order valence-corrected chi connectivity index (χ4v) is 1.58. The van der Waals surface area contributed by atoms with E-state index in [0.717, 1.165) is 24.8 Å². The molecule has 2 rings (SSSR count). The molecule has 0 unspecified atom stereocenters. The standard InChI is InChI=1S/C8H15N3.2C2HF3O2/c1-11-5-4-10-8(11)7(9)6-2-3-6;2*3-2(4,5)1(6)7/h6-7H,2-5,9H2,1H3;2*(H,6,7)/t7-;;/m0../s1. The lowest BCUT2D eigenvalue weighted by molar-refractivity contribution is -0.193. The highest BCUT2D eigenvalue weighted by Crippen LogP contribution is 2.32. The molecule has 0 aromatic heterocycles. The highest BCUT2D eigenvalue weighted by Gasteiger charge is 2.39. The van der Waals surface area contributed by atoms with E-state index in [1.54, 1.807) is 0 Å². The summed E-state index contributed by atoms with van der Waals surface area (Å²) < 4.78 is 63.5. The summed E-state index contributed by atoms with van der Waals surface area (Å²) in [5.41, 5.74) is 6.00. The van der Waals surface area contributed by atoms with E-state index in [4.69, 9.17) is 25.5 Å². The number of carbonyl (C=O) groups is 2. The summed E-state index contributed by atoms with van der Waals surface area (Å²) in [4.78, 5) is 24.4. The first kappa shape index (κ1) is 22.9. The molecule has 0 radical (unpaired) electrons. The third kappa shape index (κ3) is 9.12. The second-order valence-electron chi connectivity index (χ2n) is 5.13. The van der Waals surface area contributed by atoms with Gasteiger partial charge in [0.2, 0.25) is 0 Å². The molecule has 0 aromatic carbocycles. The van der Waals surface area contributed by atoms with E-state index >= 15 is 0 Å². The highest BCUT2D eigenvalue weighted by atomic mass is 19.4. The lowest BCUT2D eigenvalue weighted by Crippen LogP contribution is -2.40. The topological polar surface area (TPSA) is 116 Å². The Kier molecular flexibility index (Phi) is 8.15. The average molecular weight is 381 g/mol. The lowest BCUT2D eigenvalue weighted by atomic mass is 10.2. The summed E-state index contributed by atoms with van der Waals surface area (Å²) in [5, 5.41) is 14.2. The molecule has 2 aliphatic rings. The molecular weight excluding hydrogens is 364 g/mol. The molecule has 0 aromatic rings. The van der Waals surface area contributed by atoms with Gasteiger partial charge in [-0.1, -0.05) is 0 Å². The van der Waals surface area contributed by atoms with E-state index in [9.17, 15) is 26.3 Å². The van der Waals surface area contributed by atoms with Crippen molar-refractivity contribution in [3.05, 3.63) is 0 Å². The normalized spacial score (nSPS) is 18.2. The summed E-state index contributed by atoms with van der Waals surface area (Å²) >= 11 is 0. The van der Waals surface area contributed by atoms with Crippen molar-refractivity contribution >= 4 is 17.8 Å². The monoisotopic (exact) mass is 381 g/mol. The fourth-order valence-electron chi connectivity index (χ4n) is 1.58. The Bertz CT molecular complexity index is 478. The number of nitrogens with two attached hydrogens (primary N) is 1. The number of likely N-dealkylation sites (N-methyl/N-ethyl adjacent to an activating group) is 1. The number of aliphatic carboxylic acids is 2. The predicted molar refractivity (Wildman–Crippen MR) is 73.0 cm³/mol. The molecule has 146 valence electrons. The van der Waals surface area contributed by atoms with E-state index in [1.807, 2.05) is 0 Å². The van der Waals surface area contributed by atoms with Crippen LogP contribution >= 0.6 is 0 Å². The Labute approximate surface area is 138 Å². The third-order valence-corrected chi connectivity index (χ3v) is 3.01. The number of hydrogen-bond acceptors (Lipinski definition) is 5. The van der Waals surface area contributed by atoms with Crippen LogP contribution < -0.4 is 5.73 Å². The van der Waals surface area contributed by atoms with Crippen LogP contribution in [0.5, 0.6) is 0 Å². The number of alkyl halides is 6. The van der Waals surface area contributed by atoms with Crippen molar-refractivity contribution < 1.29 is 46.1 Å². The minimum absolute atomic E-state index is 0.225. The van der Waals surface area contributed by atoms with Crippen LogP contribution in [0.25, 0.3) is 0 Å². The summed E-state index contributed by atoms with van der Waals surface area (Å²) in [6.07, 6.45) is -7.57. The number of amidine groups is 1. The van der Waals surface area contributed by atoms with Gasteiger partial charge in [-0.2, -0.15) is 26.3 Å². The van der Waals surface area contributed by atoms with Crippen LogP contribution in [-0.4, -0.2) is 71.4 Å². The Hall–Kier alpha value is -2.05. The van der Waals surface area contributed by atoms with Gasteiger partial charge in [0, 0.05) is 13.6 Å². The van der Waals surface area contributed by atoms with E-state index in [2.05, 4.69) is 16.9 Å². The maximum atomic E-state index is 10.6. The van der Waals surface area contributed by atoms with Crippen molar-refractivity contribution in [3.63, 3.8) is 0 Å². The number of nitrogens with zero attached hydrogens (tertiary/aromatic N) is 2. The van der Waals surface area contributed by atoms with Gasteiger partial charge in [0.1, 0.15) is 5.84 Å². The molecule has 1 saturated carbocycles. The minimum atomic E-state index is -5.08. The highest BCUT2D eigenvalue weighted by molar-refractivity contribution is 5.89. The first-order valence-electron chi connectivity index (χ1n) is 6.79. The largest absolute Gasteiger partial charge is 0.490 e. The summed E-state index contributed by atoms with van der Waals surface area (Å²) in [7, 11) is 2.08. The van der Waals surface area contributed by atoms with Crippen molar-refractivity contribution in [2.75, 3.05) is 20.1 Å². The van der Waals surface area contributed by atoms with Crippen LogP contribution in [0.3, 0.4) is 0 Å². The second kappa shape index (κ2) is 8.87. The SMILES string of the molecule is CN1CCN=C1[C@@H](N)C1CC1.O=C(O)C(F)(F)F.O=C(O)C(F)(F)F. The molecule has 13 heteroatoms. The molecule has 0 spiro atoms. The van der Waals surface area contributed by atoms with Crippen LogP contribution in [0.2, 0.25) is 0 Å². The average Bonchev–Trinajstić information content (AvgIpc) is 3.19. The fraction of sp³-hybridized carbons (Fsp3) is 0.750. The molecule has 1 aliphatic carbocycles. The Morgan fingerprint density at radius 2 is 1.48 bits per heavy atom. The van der Waals surface area contributed by atoms with Gasteiger partial charge < -0.3 is 20.8 Å². The summed E-state index contributed by atoms with van der Waals surface area (Å²) in [6.45, 7) is 1.99. The van der Waals surface area contributed by atoms with Gasteiger partial charge in [-0.3, -0.25) is 4.99 Å². The maximum Gasteiger partial charge on any atom is 0.490 e. The Morgan fingerprint density at radius 3 is 1.68 bits per heavy atom. The molecule has 4 N–H and O–H groups in total. The van der Waals surface area contributed by atoms with E-state index in [1.165, 1.54) is 12.8 Å². The van der Waals surface area contributed by atoms with Crippen molar-refractivity contribution in [3.8, 4) is 0 Å². The van der Waals surface area contributed by atoms with Crippen LogP contribution in [-0.2, 0) is 9.59 Å². The van der Waals surface area contributed by atoms with Crippen LogP contribution in [0, 0.1) is 5.92 Å². The number of carboxylic acid groups (broad SMARTS) is 2. The van der Waals surface area contributed by atoms with Gasteiger partial charge in [0.15, 0.2) is 0 Å². The van der Waals surface area contributed by atoms with Crippen LogP contribution in [0.15, 0.2) is 4.99 Å². The van der Waals surface area contributed by atoms with Crippen molar-refractivity contribution in [1.29, 1.82) is 0 Å². The Balaban J connectivity index is 0.000000366. The van der Waals surface area contributed by atoms with Gasteiger partial charge in [-0.05, 0) is 18.8 Å². The zero-order valence-electron chi connectivity index (χ0n) is 12.9. The second-order valence-corrected chi connectivity index (χ2v) is 5.13. The number of hydrogen-bond donors (Lipinski definition) is 3. The minimum Gasteiger partial charge on any atom is -0.475 e. The van der Waals surface area contributed by atoms with Gasteiger partial charge in [0.05, 0.1) is 12.6 Å². The number of halogens is 6. The first-order valence-corrected chi connectivity index (χ1v) is 6.79. The first-order chi connectivity index (χ1) is 11.2. The molecule has 25 heavy (non-hydrogen) atoms. The smallest absolute Gasteiger partial charge is 0.475 e. The molecule has 1 atom stereocenters. The molecule has 1 heterocycles. The molecule has 0 bridgehead atoms. The maximum absolute atomic E-state index is 10.6. The van der Waals surface area contributed by atoms with Crippen LogP contribution in [0.4, 0.5) is 26.3 Å². The molecule has 0 amide bonds. The summed E-state index contributed by atoms with van der Waals surface area (Å²) in [5.74, 6) is -3.65. The van der Waals surface area contributed by atoms with Gasteiger partial charge >= 0.3 is 24.3 Å². The van der Waals surface area contributed by atoms with Crippen LogP contribution in [0.1, 0.15) is 12.8 Å². The molecule has 0 saturated heterocycles. The Morgan fingerprint density at radius 1 is 1.12 bits per heavy atom. The molecule has 1 aliphatic heterocycles. The molecule has 1 fully saturated rings. The molecule has 7 nitrogen and oxygen atoms in total. The lowest BCUT2D eigenvalue weighted by Gasteiger charge is -2.19. The van der Waals surface area contributed by atoms with Crippen molar-refractivity contribution in [1.82, 2.24) is 4.90 Å². The number of rotatable bonds is 2. The third-order valence-electron chi connectivity index (χ3n) is 3.01. The molecular formula is C12H17F6N3O4. The zero-order chi connectivity index (χ0) is 20.0. The van der Waals surface area contributed by atoms with Gasteiger partial charge in [-0.25, -0.2) is 9.59 Å². The number of aliphatic imine (C=N–C) groups is 1. The van der Waals surface area contributed by atoms with Gasteiger partial charge in [-0.15, -0.1) is 0 Å². The predicted octanol–water partition coefficient (Wildman–Crippen LogP) is 1.33. The van der Waals surface area contributed by atoms with Gasteiger partial charge in [0.25, 0.3) is 0 Å². The quantitative estimate of drug-likeness (QED) is 0.622. The van der Waals surface area contributed by atoms with E-state index < -0.39 is 24.3 Å². The zero-order valence-corrected chi connectivity index (χ0v) is 12.9. The number of carboxylic acids is 2. The van der Waals surface area contributed by atoms with E-state index in [-0.39, 0.29) is 6.04 Å². The van der Waals surface area contributed by atoms with Crippen molar-refractivity contribution in [2.24, 2.45) is 16.6 Å². The van der Waals surface area contributed by atoms with E-state index in [0.29, 0.717) is 0 Å². The van der Waals surface area contributed by atoms with Crippen molar-refractivity contribution in [2.45, 2.75) is 31.2 Å².